The van der Waals surface area contributed by atoms with Gasteiger partial charge in [0.25, 0.3) is 5.56 Å². The van der Waals surface area contributed by atoms with Gasteiger partial charge in [-0.3, -0.25) is 14.2 Å². The third-order valence-electron chi connectivity index (χ3n) is 5.10. The first-order valence-corrected chi connectivity index (χ1v) is 9.84. The molecule has 4 rings (SSSR count). The topological polar surface area (TPSA) is 64.4 Å². The first-order valence-electron chi connectivity index (χ1n) is 9.02. The maximum absolute atomic E-state index is 12.9. The largest absolute Gasteiger partial charge is 0.375 e. The van der Waals surface area contributed by atoms with E-state index in [1.165, 1.54) is 16.9 Å². The molecule has 2 aliphatic rings. The maximum atomic E-state index is 12.9. The van der Waals surface area contributed by atoms with Crippen LogP contribution in [0.5, 0.6) is 0 Å². The lowest BCUT2D eigenvalue weighted by atomic mass is 9.97. The fourth-order valence-electron chi connectivity index (χ4n) is 3.76. The van der Waals surface area contributed by atoms with Crippen LogP contribution in [0.1, 0.15) is 36.6 Å². The average Bonchev–Trinajstić information content (AvgIpc) is 3.00. The lowest BCUT2D eigenvalue weighted by Crippen LogP contribution is -2.44. The fourth-order valence-corrected chi connectivity index (χ4v) is 4.98. The molecule has 1 amide bonds. The molecule has 1 aliphatic heterocycles. The molecular formula is C18H23N3O3S. The number of rotatable bonds is 3. The van der Waals surface area contributed by atoms with Gasteiger partial charge in [-0.15, -0.1) is 11.3 Å². The Morgan fingerprint density at radius 3 is 3.08 bits per heavy atom. The molecule has 6 nitrogen and oxygen atoms in total. The Morgan fingerprint density at radius 2 is 2.24 bits per heavy atom. The van der Waals surface area contributed by atoms with E-state index in [1.54, 1.807) is 22.2 Å². The van der Waals surface area contributed by atoms with Crippen molar-refractivity contribution >= 4 is 27.5 Å². The minimum atomic E-state index is 0.00699. The number of aryl methyl sites for hydroxylation is 3. The van der Waals surface area contributed by atoms with Gasteiger partial charge in [-0.25, -0.2) is 4.98 Å². The summed E-state index contributed by atoms with van der Waals surface area (Å²) in [7, 11) is 0. The summed E-state index contributed by atoms with van der Waals surface area (Å²) < 4.78 is 7.08. The normalized spacial score (nSPS) is 20.7. The van der Waals surface area contributed by atoms with Crippen molar-refractivity contribution in [1.82, 2.24) is 14.5 Å². The van der Waals surface area contributed by atoms with Crippen LogP contribution in [0.25, 0.3) is 10.2 Å². The van der Waals surface area contributed by atoms with Crippen LogP contribution in [0.2, 0.25) is 0 Å². The van der Waals surface area contributed by atoms with E-state index in [-0.39, 0.29) is 17.6 Å². The number of hydrogen-bond donors (Lipinski definition) is 0. The van der Waals surface area contributed by atoms with E-state index in [9.17, 15) is 9.59 Å². The van der Waals surface area contributed by atoms with Gasteiger partial charge in [-0.1, -0.05) is 0 Å². The number of ether oxygens (including phenoxy) is 1. The second-order valence-corrected chi connectivity index (χ2v) is 7.99. The van der Waals surface area contributed by atoms with Crippen LogP contribution in [0, 0.1) is 0 Å². The third-order valence-corrected chi connectivity index (χ3v) is 6.30. The SMILES string of the molecule is CC1CN(C(=O)CCn2cnc3sc4c(c3c2=O)CCCC4)CCO1. The van der Waals surface area contributed by atoms with Crippen LogP contribution in [0.15, 0.2) is 11.1 Å². The van der Waals surface area contributed by atoms with Crippen LogP contribution >= 0.6 is 11.3 Å². The van der Waals surface area contributed by atoms with Gasteiger partial charge in [0.15, 0.2) is 0 Å². The molecule has 0 aromatic carbocycles. The van der Waals surface area contributed by atoms with Crippen LogP contribution < -0.4 is 5.56 Å². The van der Waals surface area contributed by atoms with Crippen LogP contribution in [-0.4, -0.2) is 46.2 Å². The number of amides is 1. The summed E-state index contributed by atoms with van der Waals surface area (Å²) in [5.41, 5.74) is 1.21. The standard InChI is InChI=1S/C18H23N3O3S/c1-12-10-20(8-9-24-12)15(22)6-7-21-11-19-17-16(18(21)23)13-4-2-3-5-14(13)25-17/h11-12H,2-10H2,1H3. The number of carbonyl (C=O) groups excluding carboxylic acids is 1. The molecule has 0 bridgehead atoms. The highest BCUT2D eigenvalue weighted by Crippen LogP contribution is 2.33. The van der Waals surface area contributed by atoms with E-state index >= 15 is 0 Å². The molecule has 1 atom stereocenters. The molecular weight excluding hydrogens is 338 g/mol. The highest BCUT2D eigenvalue weighted by atomic mass is 32.1. The summed E-state index contributed by atoms with van der Waals surface area (Å²) in [5.74, 6) is 0.0782. The van der Waals surface area contributed by atoms with Crippen molar-refractivity contribution in [2.24, 2.45) is 0 Å². The van der Waals surface area contributed by atoms with E-state index in [0.29, 0.717) is 32.7 Å². The van der Waals surface area contributed by atoms with Gasteiger partial charge in [0.1, 0.15) is 4.83 Å². The highest BCUT2D eigenvalue weighted by molar-refractivity contribution is 7.18. The number of carbonyl (C=O) groups is 1. The van der Waals surface area contributed by atoms with Crippen LogP contribution in [0.4, 0.5) is 0 Å². The van der Waals surface area contributed by atoms with Gasteiger partial charge < -0.3 is 9.64 Å². The molecule has 25 heavy (non-hydrogen) atoms. The van der Waals surface area contributed by atoms with Gasteiger partial charge >= 0.3 is 0 Å². The van der Waals surface area contributed by atoms with E-state index in [1.807, 2.05) is 11.8 Å². The van der Waals surface area contributed by atoms with Crippen molar-refractivity contribution < 1.29 is 9.53 Å². The Bertz CT molecular complexity index is 857. The van der Waals surface area contributed by atoms with Crippen LogP contribution in [-0.2, 0) is 28.9 Å². The van der Waals surface area contributed by atoms with Gasteiger partial charge in [0, 0.05) is 30.9 Å². The monoisotopic (exact) mass is 361 g/mol. The van der Waals surface area contributed by atoms with Crippen molar-refractivity contribution in [2.75, 3.05) is 19.7 Å². The summed E-state index contributed by atoms with van der Waals surface area (Å²) in [6.07, 6.45) is 6.37. The Hall–Kier alpha value is -1.73. The fraction of sp³-hybridized carbons (Fsp3) is 0.611. The second-order valence-electron chi connectivity index (χ2n) is 6.91. The third kappa shape index (κ3) is 3.22. The van der Waals surface area contributed by atoms with Gasteiger partial charge in [0.2, 0.25) is 5.91 Å². The molecule has 1 saturated heterocycles. The molecule has 0 spiro atoms. The molecule has 3 heterocycles. The molecule has 2 aromatic heterocycles. The number of nitrogens with zero attached hydrogens (tertiary/aromatic N) is 3. The zero-order valence-corrected chi connectivity index (χ0v) is 15.3. The summed E-state index contributed by atoms with van der Waals surface area (Å²) in [4.78, 5) is 33.8. The molecule has 0 N–H and O–H groups in total. The zero-order valence-electron chi connectivity index (χ0n) is 14.5. The first-order chi connectivity index (χ1) is 12.1. The number of fused-ring (bicyclic) bond motifs is 3. The van der Waals surface area contributed by atoms with Crippen LogP contribution in [0.3, 0.4) is 0 Å². The van der Waals surface area contributed by atoms with Gasteiger partial charge in [-0.2, -0.15) is 0 Å². The molecule has 1 aliphatic carbocycles. The molecule has 1 unspecified atom stereocenters. The van der Waals surface area contributed by atoms with E-state index in [4.69, 9.17) is 4.74 Å². The summed E-state index contributed by atoms with van der Waals surface area (Å²) in [6.45, 7) is 4.20. The number of thiophene rings is 1. The average molecular weight is 361 g/mol. The van der Waals surface area contributed by atoms with Crippen molar-refractivity contribution in [3.05, 3.63) is 27.1 Å². The quantitative estimate of drug-likeness (QED) is 0.838. The molecule has 7 heteroatoms. The van der Waals surface area contributed by atoms with Crippen molar-refractivity contribution in [2.45, 2.75) is 51.7 Å². The molecule has 134 valence electrons. The summed E-state index contributed by atoms with van der Waals surface area (Å²) in [6, 6.07) is 0. The second kappa shape index (κ2) is 6.88. The smallest absolute Gasteiger partial charge is 0.262 e. The van der Waals surface area contributed by atoms with Crippen molar-refractivity contribution in [1.29, 1.82) is 0 Å². The number of aromatic nitrogens is 2. The Kier molecular flexibility index (Phi) is 4.60. The Balaban J connectivity index is 1.53. The van der Waals surface area contributed by atoms with Crippen molar-refractivity contribution in [3.8, 4) is 0 Å². The molecule has 0 radical (unpaired) electrons. The van der Waals surface area contributed by atoms with E-state index in [0.717, 1.165) is 29.5 Å². The molecule has 0 saturated carbocycles. The zero-order chi connectivity index (χ0) is 17.4. The predicted molar refractivity (Wildman–Crippen MR) is 97.1 cm³/mol. The maximum Gasteiger partial charge on any atom is 0.262 e. The lowest BCUT2D eigenvalue weighted by molar-refractivity contribution is -0.138. The lowest BCUT2D eigenvalue weighted by Gasteiger charge is -2.31. The van der Waals surface area contributed by atoms with Gasteiger partial charge in [0.05, 0.1) is 24.4 Å². The summed E-state index contributed by atoms with van der Waals surface area (Å²) >= 11 is 1.66. The number of hydrogen-bond acceptors (Lipinski definition) is 5. The van der Waals surface area contributed by atoms with Gasteiger partial charge in [-0.05, 0) is 38.2 Å². The Labute approximate surface area is 150 Å². The van der Waals surface area contributed by atoms with E-state index in [2.05, 4.69) is 4.98 Å². The minimum Gasteiger partial charge on any atom is -0.375 e. The number of morpholine rings is 1. The summed E-state index contributed by atoms with van der Waals surface area (Å²) in [5, 5.41) is 0.787. The predicted octanol–water partition coefficient (Wildman–Crippen LogP) is 1.97. The first kappa shape index (κ1) is 16.7. The molecule has 1 fully saturated rings. The Morgan fingerprint density at radius 1 is 1.40 bits per heavy atom. The highest BCUT2D eigenvalue weighted by Gasteiger charge is 2.22. The van der Waals surface area contributed by atoms with E-state index < -0.39 is 0 Å². The molecule has 2 aromatic rings. The van der Waals surface area contributed by atoms with Crippen molar-refractivity contribution in [3.63, 3.8) is 0 Å². The minimum absolute atomic E-state index is 0.00699.